The fraction of sp³-hybridized carbons (Fsp3) is 1.00. The molecule has 0 saturated carbocycles. The van der Waals surface area contributed by atoms with Crippen LogP contribution in [0, 0.1) is 5.92 Å². The fourth-order valence-corrected chi connectivity index (χ4v) is 2.11. The predicted octanol–water partition coefficient (Wildman–Crippen LogP) is 3.54. The summed E-state index contributed by atoms with van der Waals surface area (Å²) in [5, 5.41) is 0. The second-order valence-electron chi connectivity index (χ2n) is 4.44. The van der Waals surface area contributed by atoms with E-state index in [1.807, 2.05) is 0 Å². The molecule has 0 fully saturated rings. The topological polar surface area (TPSA) is 3.24 Å². The first-order valence-electron chi connectivity index (χ1n) is 5.79. The summed E-state index contributed by atoms with van der Waals surface area (Å²) in [5.41, 5.74) is 0. The van der Waals surface area contributed by atoms with Crippen molar-refractivity contribution in [3.05, 3.63) is 0 Å². The van der Waals surface area contributed by atoms with Gasteiger partial charge >= 0.3 is 0 Å². The van der Waals surface area contributed by atoms with E-state index in [0.717, 1.165) is 12.0 Å². The number of rotatable bonds is 7. The highest BCUT2D eigenvalue weighted by Gasteiger charge is 2.17. The summed E-state index contributed by atoms with van der Waals surface area (Å²) in [6.45, 7) is 6.95. The van der Waals surface area contributed by atoms with Crippen molar-refractivity contribution in [3.63, 3.8) is 0 Å². The third kappa shape index (κ3) is 5.30. The van der Waals surface area contributed by atoms with Gasteiger partial charge in [0.2, 0.25) is 0 Å². The predicted molar refractivity (Wildman–Crippen MR) is 61.1 cm³/mol. The van der Waals surface area contributed by atoms with Crippen LogP contribution >= 0.6 is 0 Å². The van der Waals surface area contributed by atoms with E-state index in [9.17, 15) is 0 Å². The standard InChI is InChI=1S/C12H27N/c1-6-8-10-12(13(4)5)11(3)9-7-2/h11-12H,6-10H2,1-5H3. The third-order valence-corrected chi connectivity index (χ3v) is 2.92. The Bertz CT molecular complexity index is 110. The van der Waals surface area contributed by atoms with Crippen molar-refractivity contribution in [2.24, 2.45) is 5.92 Å². The maximum atomic E-state index is 2.40. The van der Waals surface area contributed by atoms with Crippen LogP contribution in [-0.2, 0) is 0 Å². The van der Waals surface area contributed by atoms with Gasteiger partial charge in [-0.05, 0) is 32.9 Å². The zero-order valence-corrected chi connectivity index (χ0v) is 10.1. The van der Waals surface area contributed by atoms with Crippen LogP contribution < -0.4 is 0 Å². The summed E-state index contributed by atoms with van der Waals surface area (Å²) in [6, 6.07) is 0.792. The SMILES string of the molecule is CCCCC(C(C)CCC)N(C)C. The lowest BCUT2D eigenvalue weighted by Gasteiger charge is -2.30. The number of hydrogen-bond acceptors (Lipinski definition) is 1. The lowest BCUT2D eigenvalue weighted by Crippen LogP contribution is -2.33. The summed E-state index contributed by atoms with van der Waals surface area (Å²) in [4.78, 5) is 2.40. The summed E-state index contributed by atoms with van der Waals surface area (Å²) in [6.07, 6.45) is 6.74. The van der Waals surface area contributed by atoms with Crippen molar-refractivity contribution in [1.82, 2.24) is 4.90 Å². The van der Waals surface area contributed by atoms with Gasteiger partial charge in [-0.1, -0.05) is 40.0 Å². The van der Waals surface area contributed by atoms with Crippen molar-refractivity contribution in [3.8, 4) is 0 Å². The molecule has 13 heavy (non-hydrogen) atoms. The summed E-state index contributed by atoms with van der Waals surface area (Å²) < 4.78 is 0. The Hall–Kier alpha value is -0.0400. The molecule has 2 atom stereocenters. The lowest BCUT2D eigenvalue weighted by atomic mass is 9.92. The van der Waals surface area contributed by atoms with Crippen LogP contribution in [0.4, 0.5) is 0 Å². The minimum atomic E-state index is 0.792. The van der Waals surface area contributed by atoms with Gasteiger partial charge in [0, 0.05) is 6.04 Å². The van der Waals surface area contributed by atoms with E-state index in [2.05, 4.69) is 39.8 Å². The van der Waals surface area contributed by atoms with Gasteiger partial charge in [0.25, 0.3) is 0 Å². The molecule has 2 unspecified atom stereocenters. The van der Waals surface area contributed by atoms with Crippen LogP contribution in [0.5, 0.6) is 0 Å². The van der Waals surface area contributed by atoms with E-state index in [-0.39, 0.29) is 0 Å². The Labute approximate surface area is 84.5 Å². The summed E-state index contributed by atoms with van der Waals surface area (Å²) in [5.74, 6) is 0.853. The molecule has 0 aromatic heterocycles. The minimum absolute atomic E-state index is 0.792. The number of unbranched alkanes of at least 4 members (excludes halogenated alkanes) is 1. The Balaban J connectivity index is 3.91. The van der Waals surface area contributed by atoms with Gasteiger partial charge in [-0.2, -0.15) is 0 Å². The Morgan fingerprint density at radius 1 is 1.00 bits per heavy atom. The average molecular weight is 185 g/mol. The Morgan fingerprint density at radius 2 is 1.62 bits per heavy atom. The van der Waals surface area contributed by atoms with E-state index in [0.29, 0.717) is 0 Å². The molecule has 0 heterocycles. The second-order valence-corrected chi connectivity index (χ2v) is 4.44. The zero-order valence-electron chi connectivity index (χ0n) is 10.1. The van der Waals surface area contributed by atoms with Gasteiger partial charge in [-0.3, -0.25) is 0 Å². The molecule has 0 N–H and O–H groups in total. The third-order valence-electron chi connectivity index (χ3n) is 2.92. The van der Waals surface area contributed by atoms with E-state index >= 15 is 0 Å². The Kier molecular flexibility index (Phi) is 7.35. The summed E-state index contributed by atoms with van der Waals surface area (Å²) in [7, 11) is 4.43. The minimum Gasteiger partial charge on any atom is -0.306 e. The van der Waals surface area contributed by atoms with Gasteiger partial charge in [0.05, 0.1) is 0 Å². The van der Waals surface area contributed by atoms with Gasteiger partial charge in [-0.15, -0.1) is 0 Å². The monoisotopic (exact) mass is 185 g/mol. The van der Waals surface area contributed by atoms with Crippen LogP contribution in [0.2, 0.25) is 0 Å². The molecule has 0 radical (unpaired) electrons. The van der Waals surface area contributed by atoms with Crippen LogP contribution in [0.3, 0.4) is 0 Å². The molecule has 0 aliphatic rings. The largest absolute Gasteiger partial charge is 0.306 e. The van der Waals surface area contributed by atoms with Crippen molar-refractivity contribution in [1.29, 1.82) is 0 Å². The molecule has 0 aromatic carbocycles. The molecule has 0 saturated heterocycles. The van der Waals surface area contributed by atoms with Crippen LogP contribution in [-0.4, -0.2) is 25.0 Å². The molecule has 0 bridgehead atoms. The van der Waals surface area contributed by atoms with Crippen molar-refractivity contribution >= 4 is 0 Å². The number of hydrogen-bond donors (Lipinski definition) is 0. The van der Waals surface area contributed by atoms with Crippen molar-refractivity contribution < 1.29 is 0 Å². The fourth-order valence-electron chi connectivity index (χ4n) is 2.11. The van der Waals surface area contributed by atoms with Gasteiger partial charge in [0.15, 0.2) is 0 Å². The first-order chi connectivity index (χ1) is 6.13. The molecule has 1 nitrogen and oxygen atoms in total. The summed E-state index contributed by atoms with van der Waals surface area (Å²) >= 11 is 0. The highest BCUT2D eigenvalue weighted by atomic mass is 15.1. The van der Waals surface area contributed by atoms with E-state index < -0.39 is 0 Å². The smallest absolute Gasteiger partial charge is 0.0115 e. The highest BCUT2D eigenvalue weighted by molar-refractivity contribution is 4.72. The molecule has 0 aliphatic carbocycles. The average Bonchev–Trinajstić information content (AvgIpc) is 2.05. The van der Waals surface area contributed by atoms with Crippen LogP contribution in [0.1, 0.15) is 52.9 Å². The van der Waals surface area contributed by atoms with Crippen LogP contribution in [0.25, 0.3) is 0 Å². The molecule has 0 aromatic rings. The van der Waals surface area contributed by atoms with E-state index in [1.165, 1.54) is 32.1 Å². The highest BCUT2D eigenvalue weighted by Crippen LogP contribution is 2.19. The molecule has 0 rings (SSSR count). The number of nitrogens with zero attached hydrogens (tertiary/aromatic N) is 1. The molecule has 0 spiro atoms. The molecular weight excluding hydrogens is 158 g/mol. The van der Waals surface area contributed by atoms with Crippen molar-refractivity contribution in [2.45, 2.75) is 58.9 Å². The Morgan fingerprint density at radius 3 is 2.00 bits per heavy atom. The first kappa shape index (κ1) is 13.0. The second kappa shape index (κ2) is 7.37. The van der Waals surface area contributed by atoms with Gasteiger partial charge < -0.3 is 4.90 Å². The molecular formula is C12H27N. The van der Waals surface area contributed by atoms with Crippen molar-refractivity contribution in [2.75, 3.05) is 14.1 Å². The van der Waals surface area contributed by atoms with Gasteiger partial charge in [0.1, 0.15) is 0 Å². The van der Waals surface area contributed by atoms with E-state index in [4.69, 9.17) is 0 Å². The normalized spacial score (nSPS) is 16.2. The first-order valence-corrected chi connectivity index (χ1v) is 5.79. The quantitative estimate of drug-likeness (QED) is 0.586. The molecule has 0 amide bonds. The van der Waals surface area contributed by atoms with E-state index in [1.54, 1.807) is 0 Å². The lowest BCUT2D eigenvalue weighted by molar-refractivity contribution is 0.196. The maximum Gasteiger partial charge on any atom is 0.0115 e. The maximum absolute atomic E-state index is 2.40. The molecule has 0 aliphatic heterocycles. The zero-order chi connectivity index (χ0) is 10.3. The molecule has 1 heteroatoms. The molecule has 80 valence electrons. The van der Waals surface area contributed by atoms with Gasteiger partial charge in [-0.25, -0.2) is 0 Å². The van der Waals surface area contributed by atoms with Crippen LogP contribution in [0.15, 0.2) is 0 Å².